The normalized spacial score (nSPS) is 29.7. The smallest absolute Gasteiger partial charge is 0.254 e. The van der Waals surface area contributed by atoms with Crippen LogP contribution < -0.4 is 25.8 Å². The number of hydrogen-bond donors (Lipinski definition) is 3. The van der Waals surface area contributed by atoms with E-state index in [1.54, 1.807) is 30.0 Å². The topological polar surface area (TPSA) is 110 Å². The average Bonchev–Trinajstić information content (AvgIpc) is 3.36. The van der Waals surface area contributed by atoms with Gasteiger partial charge in [0.15, 0.2) is 11.5 Å². The van der Waals surface area contributed by atoms with Gasteiger partial charge >= 0.3 is 0 Å². The van der Waals surface area contributed by atoms with Crippen LogP contribution in [0.5, 0.6) is 11.5 Å². The summed E-state index contributed by atoms with van der Waals surface area (Å²) in [7, 11) is 0. The molecular weight excluding hydrogens is 390 g/mol. The lowest BCUT2D eigenvalue weighted by molar-refractivity contribution is -0.113. The van der Waals surface area contributed by atoms with E-state index in [2.05, 4.69) is 15.6 Å². The van der Waals surface area contributed by atoms with Crippen molar-refractivity contribution in [1.82, 2.24) is 5.32 Å². The second-order valence-electron chi connectivity index (χ2n) is 7.57. The molecular formula is C20H23N5O3S. The van der Waals surface area contributed by atoms with E-state index in [0.29, 0.717) is 28.7 Å². The second kappa shape index (κ2) is 7.72. The summed E-state index contributed by atoms with van der Waals surface area (Å²) >= 11 is 1.57. The van der Waals surface area contributed by atoms with Crippen molar-refractivity contribution in [3.8, 4) is 11.5 Å². The summed E-state index contributed by atoms with van der Waals surface area (Å²) < 4.78 is 10.7. The van der Waals surface area contributed by atoms with Crippen molar-refractivity contribution in [3.05, 3.63) is 29.2 Å². The molecule has 1 amide bonds. The predicted molar refractivity (Wildman–Crippen MR) is 114 cm³/mol. The van der Waals surface area contributed by atoms with Crippen LogP contribution >= 0.6 is 11.8 Å². The molecule has 29 heavy (non-hydrogen) atoms. The zero-order valence-corrected chi connectivity index (χ0v) is 16.7. The quantitative estimate of drug-likeness (QED) is 0.699. The molecule has 8 nitrogen and oxygen atoms in total. The van der Waals surface area contributed by atoms with Gasteiger partial charge in [0.05, 0.1) is 5.25 Å². The van der Waals surface area contributed by atoms with Crippen LogP contribution in [0.15, 0.2) is 39.2 Å². The van der Waals surface area contributed by atoms with Gasteiger partial charge in [-0.25, -0.2) is 9.98 Å². The molecule has 1 aromatic carbocycles. The molecule has 4 aliphatic rings. The summed E-state index contributed by atoms with van der Waals surface area (Å²) in [5, 5.41) is 8.24. The molecule has 0 spiro atoms. The number of thioether (sulfide) groups is 1. The third kappa shape index (κ3) is 3.72. The number of nitrogens with one attached hydrogen (secondary N) is 2. The van der Waals surface area contributed by atoms with Crippen LogP contribution in [0.3, 0.4) is 0 Å². The van der Waals surface area contributed by atoms with Crippen molar-refractivity contribution < 1.29 is 14.3 Å². The van der Waals surface area contributed by atoms with Gasteiger partial charge in [-0.05, 0) is 30.4 Å². The first-order valence-electron chi connectivity index (χ1n) is 9.88. The summed E-state index contributed by atoms with van der Waals surface area (Å²) in [4.78, 5) is 22.1. The molecule has 0 aromatic heterocycles. The van der Waals surface area contributed by atoms with Crippen molar-refractivity contribution in [2.45, 2.75) is 49.1 Å². The molecule has 1 saturated carbocycles. The van der Waals surface area contributed by atoms with E-state index in [0.717, 1.165) is 19.3 Å². The Morgan fingerprint density at radius 2 is 2.07 bits per heavy atom. The fourth-order valence-corrected chi connectivity index (χ4v) is 5.02. The predicted octanol–water partition coefficient (Wildman–Crippen LogP) is 2.02. The van der Waals surface area contributed by atoms with E-state index in [1.165, 1.54) is 6.42 Å². The number of benzene rings is 1. The minimum atomic E-state index is -0.256. The molecule has 0 radical (unpaired) electrons. The van der Waals surface area contributed by atoms with Crippen LogP contribution in [-0.4, -0.2) is 48.2 Å². The van der Waals surface area contributed by atoms with Gasteiger partial charge in [0.2, 0.25) is 12.8 Å². The summed E-state index contributed by atoms with van der Waals surface area (Å²) in [5.74, 6) is 1.71. The fourth-order valence-electron chi connectivity index (χ4n) is 3.99. The van der Waals surface area contributed by atoms with Gasteiger partial charge in [0, 0.05) is 35.6 Å². The average molecular weight is 414 g/mol. The van der Waals surface area contributed by atoms with E-state index < -0.39 is 0 Å². The number of amides is 1. The Morgan fingerprint density at radius 3 is 2.97 bits per heavy atom. The van der Waals surface area contributed by atoms with Gasteiger partial charge < -0.3 is 25.8 Å². The van der Waals surface area contributed by atoms with E-state index >= 15 is 0 Å². The number of hydrogen-bond acceptors (Lipinski definition) is 8. The molecule has 1 aliphatic carbocycles. The molecule has 4 atom stereocenters. The Morgan fingerprint density at radius 1 is 1.21 bits per heavy atom. The third-order valence-corrected chi connectivity index (χ3v) is 6.70. The number of nitrogens with two attached hydrogens (primary N) is 1. The van der Waals surface area contributed by atoms with Gasteiger partial charge in [0.25, 0.3) is 5.91 Å². The van der Waals surface area contributed by atoms with Gasteiger partial charge in [-0.1, -0.05) is 12.8 Å². The monoisotopic (exact) mass is 413 g/mol. The highest BCUT2D eigenvalue weighted by molar-refractivity contribution is 8.03. The van der Waals surface area contributed by atoms with E-state index in [-0.39, 0.29) is 36.1 Å². The van der Waals surface area contributed by atoms with Crippen LogP contribution in [-0.2, 0) is 4.79 Å². The maximum atomic E-state index is 12.9. The Labute approximate surface area is 173 Å². The molecule has 0 bridgehead atoms. The van der Waals surface area contributed by atoms with E-state index in [1.807, 2.05) is 11.6 Å². The number of carbonyl (C=O) groups excluding carboxylic acids is 1. The zero-order chi connectivity index (χ0) is 19.8. The first kappa shape index (κ1) is 18.5. The number of rotatable bonds is 3. The van der Waals surface area contributed by atoms with Crippen molar-refractivity contribution in [2.75, 3.05) is 12.1 Å². The highest BCUT2D eigenvalue weighted by atomic mass is 32.2. The molecule has 9 heteroatoms. The summed E-state index contributed by atoms with van der Waals surface area (Å²) in [6, 6.07) is 5.40. The van der Waals surface area contributed by atoms with Crippen LogP contribution in [0, 0.1) is 0 Å². The van der Waals surface area contributed by atoms with E-state index in [9.17, 15) is 4.79 Å². The zero-order valence-electron chi connectivity index (χ0n) is 15.8. The largest absolute Gasteiger partial charge is 0.454 e. The van der Waals surface area contributed by atoms with Crippen LogP contribution in [0.4, 0.5) is 5.69 Å². The van der Waals surface area contributed by atoms with E-state index in [4.69, 9.17) is 20.2 Å². The minimum absolute atomic E-state index is 0.0399. The standard InChI is InChI=1S/C20H23N5O3S/c21-13-3-1-2-4-14(13)24-20-22-8-17-18(25-20)12(9-29-17)19(26)23-11-5-6-15-16(7-11)28-10-27-15/h5-9,13-14,17-18H,1-4,10,21H2,(H,23,26)(H,24,25)/t13-,14+,17?,18?/m0/s1. The number of fused-ring (bicyclic) bond motifs is 2. The molecule has 3 heterocycles. The van der Waals surface area contributed by atoms with Crippen molar-refractivity contribution >= 4 is 35.5 Å². The second-order valence-corrected chi connectivity index (χ2v) is 8.62. The van der Waals surface area contributed by atoms with Gasteiger partial charge in [-0.3, -0.25) is 4.79 Å². The Bertz CT molecular complexity index is 915. The molecule has 152 valence electrons. The maximum Gasteiger partial charge on any atom is 0.254 e. The molecule has 0 saturated heterocycles. The number of nitrogens with zero attached hydrogens (tertiary/aromatic N) is 2. The third-order valence-electron chi connectivity index (χ3n) is 5.61. The maximum absolute atomic E-state index is 12.9. The van der Waals surface area contributed by atoms with Crippen LogP contribution in [0.25, 0.3) is 0 Å². The van der Waals surface area contributed by atoms with Gasteiger partial charge in [0.1, 0.15) is 6.04 Å². The number of guanidine groups is 1. The first-order chi connectivity index (χ1) is 14.2. The molecule has 4 N–H and O–H groups in total. The highest BCUT2D eigenvalue weighted by Crippen LogP contribution is 2.36. The summed E-state index contributed by atoms with van der Waals surface area (Å²) in [6.07, 6.45) is 6.23. The Hall–Kier alpha value is -2.52. The lowest BCUT2D eigenvalue weighted by atomic mass is 9.91. The minimum Gasteiger partial charge on any atom is -0.454 e. The van der Waals surface area contributed by atoms with Crippen molar-refractivity contribution in [3.63, 3.8) is 0 Å². The van der Waals surface area contributed by atoms with Gasteiger partial charge in [-0.15, -0.1) is 11.8 Å². The van der Waals surface area contributed by atoms with Crippen LogP contribution in [0.2, 0.25) is 0 Å². The fraction of sp³-hybridized carbons (Fsp3) is 0.450. The lowest BCUT2D eigenvalue weighted by Gasteiger charge is -2.30. The van der Waals surface area contributed by atoms with Crippen molar-refractivity contribution in [1.29, 1.82) is 0 Å². The summed E-state index contributed by atoms with van der Waals surface area (Å²) in [5.41, 5.74) is 7.53. The summed E-state index contributed by atoms with van der Waals surface area (Å²) in [6.45, 7) is 0.201. The number of aliphatic imine (C=N–C) groups is 2. The van der Waals surface area contributed by atoms with Gasteiger partial charge in [-0.2, -0.15) is 0 Å². The number of carbonyl (C=O) groups is 1. The number of anilines is 1. The highest BCUT2D eigenvalue weighted by Gasteiger charge is 2.36. The Kier molecular flexibility index (Phi) is 4.92. The molecule has 2 unspecified atom stereocenters. The SMILES string of the molecule is N[C@H]1CCCC[C@H]1NC1=NC2C(C(=O)Nc3ccc4c(c3)OCO4)=CSC2C=N1. The molecule has 1 fully saturated rings. The molecule has 3 aliphatic heterocycles. The molecule has 1 aromatic rings. The van der Waals surface area contributed by atoms with Crippen molar-refractivity contribution in [2.24, 2.45) is 15.7 Å². The Balaban J connectivity index is 1.28. The first-order valence-corrected chi connectivity index (χ1v) is 10.8. The molecule has 5 rings (SSSR count). The lowest BCUT2D eigenvalue weighted by Crippen LogP contribution is -2.50. The number of ether oxygens (including phenoxy) is 2. The van der Waals surface area contributed by atoms with Crippen LogP contribution in [0.1, 0.15) is 25.7 Å².